The van der Waals surface area contributed by atoms with Gasteiger partial charge in [-0.2, -0.15) is 19.2 Å². The van der Waals surface area contributed by atoms with Gasteiger partial charge in [0.05, 0.1) is 0 Å². The van der Waals surface area contributed by atoms with Crippen molar-refractivity contribution in [1.82, 2.24) is 49.6 Å². The van der Waals surface area contributed by atoms with E-state index in [2.05, 4.69) is 40.6 Å². The van der Waals surface area contributed by atoms with E-state index in [4.69, 9.17) is 23.2 Å². The highest BCUT2D eigenvalue weighted by atomic mass is 35.5. The number of carbonyl (C=O) groups excluding carboxylic acids is 2. The summed E-state index contributed by atoms with van der Waals surface area (Å²) in [7, 11) is 0. The number of aromatic nitrogens is 10. The quantitative estimate of drug-likeness (QED) is 0.279. The van der Waals surface area contributed by atoms with Gasteiger partial charge in [0.25, 0.3) is 11.6 Å². The third-order valence-electron chi connectivity index (χ3n) is 6.23. The van der Waals surface area contributed by atoms with Gasteiger partial charge in [-0.05, 0) is 44.2 Å². The molecule has 0 unspecified atom stereocenters. The summed E-state index contributed by atoms with van der Waals surface area (Å²) >= 11 is 11.9. The summed E-state index contributed by atoms with van der Waals surface area (Å²) in [5.74, 6) is 1.61. The number of rotatable bonds is 0. The van der Waals surface area contributed by atoms with Gasteiger partial charge in [-0.25, -0.2) is 9.97 Å². The molecule has 0 radical (unpaired) electrons. The first kappa shape index (κ1) is 22.5. The van der Waals surface area contributed by atoms with Gasteiger partial charge in [-0.1, -0.05) is 29.3 Å². The monoisotopic (exact) mass is 542 g/mol. The summed E-state index contributed by atoms with van der Waals surface area (Å²) in [6.07, 6.45) is 0. The van der Waals surface area contributed by atoms with Crippen LogP contribution in [-0.2, 0) is 0 Å². The van der Waals surface area contributed by atoms with Crippen LogP contribution in [0.5, 0.6) is 0 Å². The maximum absolute atomic E-state index is 12.3. The molecule has 4 heterocycles. The number of hydrogen-bond donors (Lipinski definition) is 0. The van der Waals surface area contributed by atoms with Crippen LogP contribution in [0.15, 0.2) is 36.4 Å². The summed E-state index contributed by atoms with van der Waals surface area (Å²) in [6, 6.07) is 10.2. The largest absolute Gasteiger partial charge is 0.287 e. The molecule has 8 rings (SSSR count). The molecule has 0 atom stereocenters. The van der Waals surface area contributed by atoms with Gasteiger partial charge in [0.2, 0.25) is 11.6 Å². The first-order chi connectivity index (χ1) is 18.3. The predicted octanol–water partition coefficient (Wildman–Crippen LogP) is 3.39. The van der Waals surface area contributed by atoms with E-state index in [0.717, 1.165) is 5.56 Å². The molecule has 2 aromatic carbocycles. The summed E-state index contributed by atoms with van der Waals surface area (Å²) in [4.78, 5) is 33.3. The van der Waals surface area contributed by atoms with Crippen LogP contribution in [0.3, 0.4) is 0 Å². The minimum absolute atomic E-state index is 0.149. The van der Waals surface area contributed by atoms with Crippen LogP contribution in [0.4, 0.5) is 0 Å². The van der Waals surface area contributed by atoms with Crippen LogP contribution in [0, 0.1) is 13.8 Å². The lowest BCUT2D eigenvalue weighted by molar-refractivity contribution is 0.103. The van der Waals surface area contributed by atoms with Crippen molar-refractivity contribution in [3.8, 4) is 22.5 Å². The zero-order valence-corrected chi connectivity index (χ0v) is 21.0. The third kappa shape index (κ3) is 3.17. The van der Waals surface area contributed by atoms with Crippen molar-refractivity contribution in [2.45, 2.75) is 13.8 Å². The lowest BCUT2D eigenvalue weighted by atomic mass is 10.1. The van der Waals surface area contributed by atoms with Crippen LogP contribution in [0.1, 0.15) is 43.8 Å². The fraction of sp³-hybridized carbons (Fsp3) is 0.0833. The van der Waals surface area contributed by atoms with Crippen molar-refractivity contribution in [2.75, 3.05) is 0 Å². The molecule has 0 saturated heterocycles. The number of halogens is 2. The van der Waals surface area contributed by atoms with E-state index in [1.54, 1.807) is 50.2 Å². The zero-order valence-electron chi connectivity index (χ0n) is 19.5. The third-order valence-corrected chi connectivity index (χ3v) is 6.70. The molecule has 14 heteroatoms. The smallest absolute Gasteiger partial charge is 0.272 e. The van der Waals surface area contributed by atoms with Crippen molar-refractivity contribution in [3.63, 3.8) is 0 Å². The minimum atomic E-state index is -0.171. The Morgan fingerprint density at radius 3 is 1.63 bits per heavy atom. The van der Waals surface area contributed by atoms with Gasteiger partial charge in [0, 0.05) is 32.3 Å². The Hall–Kier alpha value is -4.68. The van der Waals surface area contributed by atoms with E-state index in [9.17, 15) is 9.59 Å². The molecule has 0 amide bonds. The molecule has 0 N–H and O–H groups in total. The Bertz CT molecular complexity index is 2030. The Balaban J connectivity index is 0.000000127. The van der Waals surface area contributed by atoms with Crippen LogP contribution in [-0.4, -0.2) is 61.2 Å². The average Bonchev–Trinajstić information content (AvgIpc) is 3.62. The highest BCUT2D eigenvalue weighted by Gasteiger charge is 2.32. The number of hydrogen-bond acceptors (Lipinski definition) is 10. The molecule has 38 heavy (non-hydrogen) atoms. The van der Waals surface area contributed by atoms with Gasteiger partial charge in [0.1, 0.15) is 11.4 Å². The lowest BCUT2D eigenvalue weighted by Crippen LogP contribution is -2.06. The normalized spacial score (nSPS) is 12.8. The maximum atomic E-state index is 12.3. The number of aryl methyl sites for hydroxylation is 2. The van der Waals surface area contributed by atoms with Crippen LogP contribution in [0.25, 0.3) is 34.1 Å². The molecule has 4 aromatic heterocycles. The minimum Gasteiger partial charge on any atom is -0.287 e. The van der Waals surface area contributed by atoms with Crippen LogP contribution in [0.2, 0.25) is 10.0 Å². The molecule has 2 aliphatic rings. The molecule has 184 valence electrons. The molecule has 0 bridgehead atoms. The average molecular weight is 543 g/mol. The Labute approximate surface area is 222 Å². The van der Waals surface area contributed by atoms with Gasteiger partial charge < -0.3 is 0 Å². The highest BCUT2D eigenvalue weighted by Crippen LogP contribution is 2.36. The molecule has 6 aromatic rings. The van der Waals surface area contributed by atoms with Crippen molar-refractivity contribution < 1.29 is 9.59 Å². The molecular formula is C24H12Cl2N10O2. The Morgan fingerprint density at radius 2 is 1.05 bits per heavy atom. The van der Waals surface area contributed by atoms with E-state index in [1.807, 2.05) is 0 Å². The summed E-state index contributed by atoms with van der Waals surface area (Å²) in [5.41, 5.74) is 4.21. The second-order valence-electron chi connectivity index (χ2n) is 8.57. The SMILES string of the molecule is Cc1nnc2nc3c(nn12)C(=O)c1cc(Cl)ccc1-3.Cc1nnc2nc3c(nn12)C(=O)c1ccc(Cl)cc1-3. The molecule has 0 spiro atoms. The van der Waals surface area contributed by atoms with Gasteiger partial charge >= 0.3 is 0 Å². The Morgan fingerprint density at radius 1 is 0.579 bits per heavy atom. The van der Waals surface area contributed by atoms with Crippen LogP contribution < -0.4 is 0 Å². The van der Waals surface area contributed by atoms with E-state index in [1.165, 1.54) is 9.03 Å². The summed E-state index contributed by atoms with van der Waals surface area (Å²) in [6.45, 7) is 3.51. The molecular weight excluding hydrogens is 531 g/mol. The standard InChI is InChI=1S/2C12H6ClN5O/c1-5-15-16-12-14-9-8-4-6(13)2-3-7(8)11(19)10(9)17-18(5)12;1-5-15-16-12-14-9-7-3-2-6(13)4-8(7)11(19)10(9)17-18(5)12/h2*2-4H,1H3. The first-order valence-corrected chi connectivity index (χ1v) is 11.9. The zero-order chi connectivity index (χ0) is 26.3. The predicted molar refractivity (Wildman–Crippen MR) is 134 cm³/mol. The second-order valence-corrected chi connectivity index (χ2v) is 9.45. The number of carbonyl (C=O) groups is 2. The van der Waals surface area contributed by atoms with E-state index in [0.29, 0.717) is 72.7 Å². The second kappa shape index (κ2) is 7.91. The van der Waals surface area contributed by atoms with Crippen molar-refractivity contribution in [1.29, 1.82) is 0 Å². The van der Waals surface area contributed by atoms with Crippen LogP contribution >= 0.6 is 23.2 Å². The molecule has 12 nitrogen and oxygen atoms in total. The van der Waals surface area contributed by atoms with Gasteiger partial charge in [0.15, 0.2) is 23.0 Å². The molecule has 0 fully saturated rings. The fourth-order valence-corrected chi connectivity index (χ4v) is 4.77. The Kier molecular flexibility index (Phi) is 4.68. The molecule has 2 aliphatic carbocycles. The van der Waals surface area contributed by atoms with E-state index in [-0.39, 0.29) is 11.6 Å². The van der Waals surface area contributed by atoms with Crippen molar-refractivity contribution >= 4 is 46.3 Å². The summed E-state index contributed by atoms with van der Waals surface area (Å²) < 4.78 is 2.93. The number of fused-ring (bicyclic) bond motifs is 8. The maximum Gasteiger partial charge on any atom is 0.272 e. The molecule has 0 saturated carbocycles. The number of nitrogens with zero attached hydrogens (tertiary/aromatic N) is 10. The fourth-order valence-electron chi connectivity index (χ4n) is 4.43. The van der Waals surface area contributed by atoms with Crippen molar-refractivity contribution in [3.05, 3.63) is 80.6 Å². The lowest BCUT2D eigenvalue weighted by Gasteiger charge is -1.99. The number of benzene rings is 2. The molecule has 0 aliphatic heterocycles. The van der Waals surface area contributed by atoms with Gasteiger partial charge in [-0.3, -0.25) is 9.59 Å². The topological polar surface area (TPSA) is 146 Å². The highest BCUT2D eigenvalue weighted by molar-refractivity contribution is 6.32. The summed E-state index contributed by atoms with van der Waals surface area (Å²) in [5, 5.41) is 25.2. The van der Waals surface area contributed by atoms with E-state index < -0.39 is 0 Å². The van der Waals surface area contributed by atoms with Gasteiger partial charge in [-0.15, -0.1) is 20.4 Å². The van der Waals surface area contributed by atoms with E-state index >= 15 is 0 Å². The first-order valence-electron chi connectivity index (χ1n) is 11.2. The van der Waals surface area contributed by atoms with Crippen molar-refractivity contribution in [2.24, 2.45) is 0 Å². The number of ketones is 2.